The van der Waals surface area contributed by atoms with Crippen molar-refractivity contribution in [3.8, 4) is 0 Å². The van der Waals surface area contributed by atoms with Crippen LogP contribution < -0.4 is 5.32 Å². The summed E-state index contributed by atoms with van der Waals surface area (Å²) in [6.07, 6.45) is 6.35. The van der Waals surface area contributed by atoms with Gasteiger partial charge in [-0.3, -0.25) is 4.68 Å². The van der Waals surface area contributed by atoms with Crippen molar-refractivity contribution in [2.75, 3.05) is 11.9 Å². The molecule has 1 aromatic rings. The molecule has 3 nitrogen and oxygen atoms in total. The van der Waals surface area contributed by atoms with Crippen molar-refractivity contribution in [3.63, 3.8) is 0 Å². The van der Waals surface area contributed by atoms with Crippen LogP contribution >= 0.6 is 0 Å². The zero-order valence-corrected chi connectivity index (χ0v) is 8.75. The van der Waals surface area contributed by atoms with Gasteiger partial charge in [-0.15, -0.1) is 0 Å². The van der Waals surface area contributed by atoms with Crippen LogP contribution in [0.1, 0.15) is 26.7 Å². The Morgan fingerprint density at radius 1 is 1.46 bits per heavy atom. The molecular weight excluding hydrogens is 162 g/mol. The fourth-order valence-corrected chi connectivity index (χ4v) is 1.35. The Labute approximate surface area is 80.1 Å². The van der Waals surface area contributed by atoms with Crippen LogP contribution in [0.15, 0.2) is 12.4 Å². The van der Waals surface area contributed by atoms with Crippen LogP contribution in [-0.4, -0.2) is 16.3 Å². The lowest BCUT2D eigenvalue weighted by atomic mass is 10.0. The minimum atomic E-state index is 0.778. The SMILES string of the molecule is CCC(CC)CNc1cnn(C)c1. The molecule has 0 saturated carbocycles. The number of anilines is 1. The Kier molecular flexibility index (Phi) is 3.80. The lowest BCUT2D eigenvalue weighted by Gasteiger charge is -2.12. The maximum absolute atomic E-state index is 4.10. The summed E-state index contributed by atoms with van der Waals surface area (Å²) < 4.78 is 1.81. The van der Waals surface area contributed by atoms with Gasteiger partial charge < -0.3 is 5.32 Å². The number of rotatable bonds is 5. The molecule has 0 unspecified atom stereocenters. The van der Waals surface area contributed by atoms with E-state index in [1.807, 2.05) is 24.1 Å². The van der Waals surface area contributed by atoms with Crippen molar-refractivity contribution in [1.29, 1.82) is 0 Å². The van der Waals surface area contributed by atoms with Gasteiger partial charge in [0, 0.05) is 19.8 Å². The molecule has 1 aromatic heterocycles. The molecule has 74 valence electrons. The summed E-state index contributed by atoms with van der Waals surface area (Å²) in [6.45, 7) is 5.52. The van der Waals surface area contributed by atoms with Crippen molar-refractivity contribution in [1.82, 2.24) is 9.78 Å². The highest BCUT2D eigenvalue weighted by Gasteiger charge is 2.02. The maximum Gasteiger partial charge on any atom is 0.0726 e. The highest BCUT2D eigenvalue weighted by atomic mass is 15.3. The summed E-state index contributed by atoms with van der Waals surface area (Å²) in [4.78, 5) is 0. The predicted octanol–water partition coefficient (Wildman–Crippen LogP) is 2.27. The molecule has 0 radical (unpaired) electrons. The average molecular weight is 181 g/mol. The molecule has 0 amide bonds. The molecule has 0 spiro atoms. The van der Waals surface area contributed by atoms with E-state index >= 15 is 0 Å². The van der Waals surface area contributed by atoms with Crippen molar-refractivity contribution >= 4 is 5.69 Å². The topological polar surface area (TPSA) is 29.9 Å². The van der Waals surface area contributed by atoms with Crippen molar-refractivity contribution < 1.29 is 0 Å². The van der Waals surface area contributed by atoms with Gasteiger partial charge in [0.05, 0.1) is 11.9 Å². The third kappa shape index (κ3) is 3.09. The molecule has 0 aliphatic rings. The van der Waals surface area contributed by atoms with Gasteiger partial charge >= 0.3 is 0 Å². The van der Waals surface area contributed by atoms with Crippen LogP contribution in [0.4, 0.5) is 5.69 Å². The molecule has 0 atom stereocenters. The van der Waals surface area contributed by atoms with Crippen LogP contribution in [0.25, 0.3) is 0 Å². The van der Waals surface area contributed by atoms with E-state index in [0.717, 1.165) is 18.2 Å². The monoisotopic (exact) mass is 181 g/mol. The molecule has 1 rings (SSSR count). The minimum Gasteiger partial charge on any atom is -0.382 e. The summed E-state index contributed by atoms with van der Waals surface area (Å²) in [6, 6.07) is 0. The molecule has 0 saturated heterocycles. The van der Waals surface area contributed by atoms with Gasteiger partial charge in [0.25, 0.3) is 0 Å². The van der Waals surface area contributed by atoms with E-state index in [1.54, 1.807) is 0 Å². The van der Waals surface area contributed by atoms with E-state index in [2.05, 4.69) is 24.3 Å². The summed E-state index contributed by atoms with van der Waals surface area (Å²) >= 11 is 0. The summed E-state index contributed by atoms with van der Waals surface area (Å²) in [5.74, 6) is 0.778. The third-order valence-electron chi connectivity index (χ3n) is 2.45. The van der Waals surface area contributed by atoms with Gasteiger partial charge in [-0.05, 0) is 5.92 Å². The third-order valence-corrected chi connectivity index (χ3v) is 2.45. The van der Waals surface area contributed by atoms with Crippen LogP contribution in [0, 0.1) is 5.92 Å². The second-order valence-corrected chi connectivity index (χ2v) is 3.47. The Morgan fingerprint density at radius 2 is 2.15 bits per heavy atom. The summed E-state index contributed by atoms with van der Waals surface area (Å²) in [5, 5.41) is 7.48. The Hall–Kier alpha value is -0.990. The number of aromatic nitrogens is 2. The van der Waals surface area contributed by atoms with Crippen LogP contribution in [-0.2, 0) is 7.05 Å². The highest BCUT2D eigenvalue weighted by Crippen LogP contribution is 2.10. The molecule has 1 heterocycles. The smallest absolute Gasteiger partial charge is 0.0726 e. The fourth-order valence-electron chi connectivity index (χ4n) is 1.35. The lowest BCUT2D eigenvalue weighted by Crippen LogP contribution is -2.12. The first kappa shape index (κ1) is 10.1. The molecule has 0 bridgehead atoms. The molecule has 1 N–H and O–H groups in total. The second-order valence-electron chi connectivity index (χ2n) is 3.47. The van der Waals surface area contributed by atoms with Crippen LogP contribution in [0.3, 0.4) is 0 Å². The maximum atomic E-state index is 4.10. The number of aryl methyl sites for hydroxylation is 1. The van der Waals surface area contributed by atoms with E-state index in [-0.39, 0.29) is 0 Å². The molecule has 0 fully saturated rings. The van der Waals surface area contributed by atoms with E-state index < -0.39 is 0 Å². The van der Waals surface area contributed by atoms with E-state index in [0.29, 0.717) is 0 Å². The summed E-state index contributed by atoms with van der Waals surface area (Å²) in [5.41, 5.74) is 1.12. The highest BCUT2D eigenvalue weighted by molar-refractivity contribution is 5.37. The van der Waals surface area contributed by atoms with Crippen molar-refractivity contribution in [3.05, 3.63) is 12.4 Å². The van der Waals surface area contributed by atoms with Gasteiger partial charge in [0.2, 0.25) is 0 Å². The van der Waals surface area contributed by atoms with E-state index in [9.17, 15) is 0 Å². The van der Waals surface area contributed by atoms with Gasteiger partial charge in [-0.2, -0.15) is 5.10 Å². The van der Waals surface area contributed by atoms with Crippen molar-refractivity contribution in [2.24, 2.45) is 13.0 Å². The zero-order chi connectivity index (χ0) is 9.68. The second kappa shape index (κ2) is 4.90. The quantitative estimate of drug-likeness (QED) is 0.755. The first-order chi connectivity index (χ1) is 6.26. The molecule has 0 aromatic carbocycles. The Bertz CT molecular complexity index is 238. The van der Waals surface area contributed by atoms with Gasteiger partial charge in [0.15, 0.2) is 0 Å². The lowest BCUT2D eigenvalue weighted by molar-refractivity contribution is 0.519. The zero-order valence-electron chi connectivity index (χ0n) is 8.75. The normalized spacial score (nSPS) is 10.8. The molecule has 3 heteroatoms. The molecular formula is C10H19N3. The standard InChI is InChI=1S/C10H19N3/c1-4-9(5-2)6-11-10-7-12-13(3)8-10/h7-9,11H,4-6H2,1-3H3. The number of hydrogen-bond donors (Lipinski definition) is 1. The first-order valence-electron chi connectivity index (χ1n) is 4.98. The Morgan fingerprint density at radius 3 is 2.62 bits per heavy atom. The average Bonchev–Trinajstić information content (AvgIpc) is 2.53. The van der Waals surface area contributed by atoms with Crippen LogP contribution in [0.5, 0.6) is 0 Å². The number of nitrogens with zero attached hydrogens (tertiary/aromatic N) is 2. The Balaban J connectivity index is 2.33. The van der Waals surface area contributed by atoms with Gasteiger partial charge in [-0.25, -0.2) is 0 Å². The number of nitrogens with one attached hydrogen (secondary N) is 1. The van der Waals surface area contributed by atoms with E-state index in [1.165, 1.54) is 12.8 Å². The molecule has 0 aliphatic carbocycles. The van der Waals surface area contributed by atoms with Crippen LogP contribution in [0.2, 0.25) is 0 Å². The van der Waals surface area contributed by atoms with Gasteiger partial charge in [0.1, 0.15) is 0 Å². The van der Waals surface area contributed by atoms with Crippen molar-refractivity contribution in [2.45, 2.75) is 26.7 Å². The predicted molar refractivity (Wildman–Crippen MR) is 55.8 cm³/mol. The molecule has 13 heavy (non-hydrogen) atoms. The van der Waals surface area contributed by atoms with Gasteiger partial charge in [-0.1, -0.05) is 26.7 Å². The fraction of sp³-hybridized carbons (Fsp3) is 0.700. The minimum absolute atomic E-state index is 0.778. The largest absolute Gasteiger partial charge is 0.382 e. The first-order valence-corrected chi connectivity index (χ1v) is 4.98. The summed E-state index contributed by atoms with van der Waals surface area (Å²) in [7, 11) is 1.93. The number of hydrogen-bond acceptors (Lipinski definition) is 2. The van der Waals surface area contributed by atoms with E-state index in [4.69, 9.17) is 0 Å². The molecule has 0 aliphatic heterocycles.